The predicted octanol–water partition coefficient (Wildman–Crippen LogP) is 2.91. The molecule has 0 bridgehead atoms. The van der Waals surface area contributed by atoms with Crippen LogP contribution in [0, 0.1) is 5.92 Å². The number of piperidine rings is 1. The molecule has 0 atom stereocenters. The van der Waals surface area contributed by atoms with E-state index < -0.39 is 0 Å². The first-order chi connectivity index (χ1) is 13.7. The smallest absolute Gasteiger partial charge is 0.220 e. The van der Waals surface area contributed by atoms with Crippen LogP contribution in [0.4, 0.5) is 11.6 Å². The molecule has 1 fully saturated rings. The molecule has 1 aliphatic rings. The Hall–Kier alpha value is -3.00. The molecule has 1 aliphatic heterocycles. The van der Waals surface area contributed by atoms with Crippen molar-refractivity contribution in [2.24, 2.45) is 11.7 Å². The van der Waals surface area contributed by atoms with Crippen molar-refractivity contribution in [1.82, 2.24) is 15.0 Å². The van der Waals surface area contributed by atoms with Gasteiger partial charge in [-0.3, -0.25) is 9.78 Å². The summed E-state index contributed by atoms with van der Waals surface area (Å²) >= 11 is 1.64. The van der Waals surface area contributed by atoms with Crippen LogP contribution < -0.4 is 16.0 Å². The van der Waals surface area contributed by atoms with Gasteiger partial charge in [0.15, 0.2) is 0 Å². The maximum Gasteiger partial charge on any atom is 0.220 e. The van der Waals surface area contributed by atoms with Crippen molar-refractivity contribution in [3.8, 4) is 10.6 Å². The molecule has 7 nitrogen and oxygen atoms in total. The van der Waals surface area contributed by atoms with E-state index in [-0.39, 0.29) is 11.8 Å². The molecule has 28 heavy (non-hydrogen) atoms. The Labute approximate surface area is 167 Å². The van der Waals surface area contributed by atoms with Gasteiger partial charge in [-0.05, 0) is 30.4 Å². The Kier molecular flexibility index (Phi) is 5.48. The van der Waals surface area contributed by atoms with Gasteiger partial charge < -0.3 is 16.0 Å². The number of nitrogens with two attached hydrogens (primary N) is 1. The summed E-state index contributed by atoms with van der Waals surface area (Å²) in [4.78, 5) is 28.3. The molecule has 3 aromatic rings. The third-order valence-corrected chi connectivity index (χ3v) is 5.82. The van der Waals surface area contributed by atoms with E-state index in [4.69, 9.17) is 5.73 Å². The summed E-state index contributed by atoms with van der Waals surface area (Å²) in [7, 11) is 0. The van der Waals surface area contributed by atoms with Crippen LogP contribution in [-0.2, 0) is 11.3 Å². The van der Waals surface area contributed by atoms with Crippen molar-refractivity contribution in [3.05, 3.63) is 53.8 Å². The number of thiophene rings is 1. The number of hydrogen-bond donors (Lipinski definition) is 2. The normalized spacial score (nSPS) is 14.8. The number of hydrogen-bond acceptors (Lipinski definition) is 7. The Morgan fingerprint density at radius 3 is 2.86 bits per heavy atom. The zero-order chi connectivity index (χ0) is 19.3. The van der Waals surface area contributed by atoms with Gasteiger partial charge in [-0.15, -0.1) is 11.3 Å². The highest BCUT2D eigenvalue weighted by molar-refractivity contribution is 7.13. The number of aromatic nitrogens is 3. The Morgan fingerprint density at radius 1 is 1.25 bits per heavy atom. The molecule has 0 aliphatic carbocycles. The lowest BCUT2D eigenvalue weighted by molar-refractivity contribution is -0.122. The van der Waals surface area contributed by atoms with Gasteiger partial charge >= 0.3 is 0 Å². The molecule has 0 unspecified atom stereocenters. The average molecular weight is 395 g/mol. The van der Waals surface area contributed by atoms with Crippen LogP contribution in [0.25, 0.3) is 10.6 Å². The molecule has 4 heterocycles. The van der Waals surface area contributed by atoms with E-state index in [1.165, 1.54) is 0 Å². The zero-order valence-electron chi connectivity index (χ0n) is 15.4. The summed E-state index contributed by atoms with van der Waals surface area (Å²) in [6.45, 7) is 2.16. The first kappa shape index (κ1) is 18.4. The van der Waals surface area contributed by atoms with E-state index >= 15 is 0 Å². The largest absolute Gasteiger partial charge is 0.369 e. The summed E-state index contributed by atoms with van der Waals surface area (Å²) in [5.74, 6) is 1.44. The number of carbonyl (C=O) groups excluding carboxylic acids is 1. The lowest BCUT2D eigenvalue weighted by atomic mass is 9.96. The van der Waals surface area contributed by atoms with Gasteiger partial charge in [0.2, 0.25) is 5.91 Å². The molecule has 1 saturated heterocycles. The number of carbonyl (C=O) groups is 1. The number of rotatable bonds is 6. The quantitative estimate of drug-likeness (QED) is 0.667. The SMILES string of the molecule is NC(=O)C1CCN(c2ncccc2CNc2cncc(-c3cccs3)n2)CC1. The molecule has 4 rings (SSSR count). The lowest BCUT2D eigenvalue weighted by Gasteiger charge is -2.32. The average Bonchev–Trinajstić information content (AvgIpc) is 3.28. The van der Waals surface area contributed by atoms with E-state index in [9.17, 15) is 4.79 Å². The van der Waals surface area contributed by atoms with E-state index in [0.29, 0.717) is 6.54 Å². The third-order valence-electron chi connectivity index (χ3n) is 4.93. The molecule has 0 saturated carbocycles. The first-order valence-electron chi connectivity index (χ1n) is 9.28. The fourth-order valence-electron chi connectivity index (χ4n) is 3.41. The number of nitrogens with one attached hydrogen (secondary N) is 1. The van der Waals surface area contributed by atoms with Crippen molar-refractivity contribution >= 4 is 28.9 Å². The monoisotopic (exact) mass is 394 g/mol. The maximum absolute atomic E-state index is 11.4. The van der Waals surface area contributed by atoms with Crippen molar-refractivity contribution in [2.45, 2.75) is 19.4 Å². The van der Waals surface area contributed by atoms with Gasteiger partial charge in [0.1, 0.15) is 17.3 Å². The highest BCUT2D eigenvalue weighted by Crippen LogP contribution is 2.26. The Balaban J connectivity index is 1.45. The first-order valence-corrected chi connectivity index (χ1v) is 10.2. The number of nitrogens with zero attached hydrogens (tertiary/aromatic N) is 4. The second-order valence-electron chi connectivity index (χ2n) is 6.77. The van der Waals surface area contributed by atoms with E-state index in [0.717, 1.165) is 53.7 Å². The topological polar surface area (TPSA) is 97.0 Å². The van der Waals surface area contributed by atoms with Gasteiger partial charge in [-0.2, -0.15) is 0 Å². The summed E-state index contributed by atoms with van der Waals surface area (Å²) in [6, 6.07) is 8.04. The van der Waals surface area contributed by atoms with E-state index in [1.807, 2.05) is 23.6 Å². The van der Waals surface area contributed by atoms with Gasteiger partial charge in [0.05, 0.1) is 17.3 Å². The summed E-state index contributed by atoms with van der Waals surface area (Å²) in [5.41, 5.74) is 7.39. The van der Waals surface area contributed by atoms with Gasteiger partial charge in [0.25, 0.3) is 0 Å². The molecule has 0 radical (unpaired) electrons. The molecule has 0 aromatic carbocycles. The summed E-state index contributed by atoms with van der Waals surface area (Å²) in [6.07, 6.45) is 6.84. The van der Waals surface area contributed by atoms with Crippen molar-refractivity contribution in [2.75, 3.05) is 23.3 Å². The van der Waals surface area contributed by atoms with Crippen molar-refractivity contribution in [1.29, 1.82) is 0 Å². The molecule has 0 spiro atoms. The van der Waals surface area contributed by atoms with Crippen molar-refractivity contribution in [3.63, 3.8) is 0 Å². The molecular formula is C20H22N6OS. The minimum absolute atomic E-state index is 0.0307. The molecule has 3 N–H and O–H groups in total. The number of primary amides is 1. The zero-order valence-corrected chi connectivity index (χ0v) is 16.2. The molecule has 8 heteroatoms. The molecule has 144 valence electrons. The number of amides is 1. The van der Waals surface area contributed by atoms with Crippen molar-refractivity contribution < 1.29 is 4.79 Å². The van der Waals surface area contributed by atoms with Crippen LogP contribution in [0.3, 0.4) is 0 Å². The highest BCUT2D eigenvalue weighted by atomic mass is 32.1. The summed E-state index contributed by atoms with van der Waals surface area (Å²) in [5, 5.41) is 5.39. The second-order valence-corrected chi connectivity index (χ2v) is 7.72. The van der Waals surface area contributed by atoms with E-state index in [2.05, 4.69) is 31.2 Å². The Morgan fingerprint density at radius 2 is 2.11 bits per heavy atom. The number of pyridine rings is 1. The fourth-order valence-corrected chi connectivity index (χ4v) is 4.09. The van der Waals surface area contributed by atoms with Crippen LogP contribution in [0.15, 0.2) is 48.2 Å². The van der Waals surface area contributed by atoms with E-state index in [1.54, 1.807) is 29.9 Å². The summed E-state index contributed by atoms with van der Waals surface area (Å²) < 4.78 is 0. The molecular weight excluding hydrogens is 372 g/mol. The van der Waals surface area contributed by atoms with Crippen LogP contribution in [0.1, 0.15) is 18.4 Å². The minimum Gasteiger partial charge on any atom is -0.369 e. The lowest BCUT2D eigenvalue weighted by Crippen LogP contribution is -2.39. The van der Waals surface area contributed by atoms with Crippen LogP contribution in [0.2, 0.25) is 0 Å². The Bertz CT molecular complexity index is 937. The fraction of sp³-hybridized carbons (Fsp3) is 0.300. The maximum atomic E-state index is 11.4. The van der Waals surface area contributed by atoms with Gasteiger partial charge in [0, 0.05) is 37.3 Å². The minimum atomic E-state index is -0.202. The highest BCUT2D eigenvalue weighted by Gasteiger charge is 2.24. The van der Waals surface area contributed by atoms with Crippen LogP contribution in [-0.4, -0.2) is 33.9 Å². The molecule has 1 amide bonds. The van der Waals surface area contributed by atoms with Crippen LogP contribution >= 0.6 is 11.3 Å². The van der Waals surface area contributed by atoms with Gasteiger partial charge in [-0.1, -0.05) is 12.1 Å². The standard InChI is InChI=1S/C20H22N6OS/c21-19(27)14-5-8-26(9-6-14)20-15(3-1-7-23-20)11-24-18-13-22-12-16(25-18)17-4-2-10-28-17/h1-4,7,10,12-14H,5-6,8-9,11H2,(H2,21,27)(H,24,25). The third kappa shape index (κ3) is 4.12. The van der Waals surface area contributed by atoms with Crippen LogP contribution in [0.5, 0.6) is 0 Å². The molecule has 3 aromatic heterocycles. The number of anilines is 2. The predicted molar refractivity (Wildman–Crippen MR) is 111 cm³/mol. The second kappa shape index (κ2) is 8.35. The van der Waals surface area contributed by atoms with Gasteiger partial charge in [-0.25, -0.2) is 9.97 Å².